The number of ether oxygens (including phenoxy) is 2. The van der Waals surface area contributed by atoms with Gasteiger partial charge in [0, 0.05) is 31.6 Å². The molecule has 0 aromatic carbocycles. The van der Waals surface area contributed by atoms with Gasteiger partial charge in [0.2, 0.25) is 5.88 Å². The molecule has 0 N–H and O–H groups in total. The van der Waals surface area contributed by atoms with Crippen molar-refractivity contribution in [3.63, 3.8) is 0 Å². The van der Waals surface area contributed by atoms with Crippen molar-refractivity contribution in [2.24, 2.45) is 0 Å². The molecule has 0 spiro atoms. The van der Waals surface area contributed by atoms with Crippen molar-refractivity contribution in [2.45, 2.75) is 45.8 Å². The van der Waals surface area contributed by atoms with E-state index in [1.165, 1.54) is 6.92 Å². The van der Waals surface area contributed by atoms with Crippen LogP contribution in [0.15, 0.2) is 18.2 Å². The molecule has 22 heavy (non-hydrogen) atoms. The third-order valence-corrected chi connectivity index (χ3v) is 3.50. The molecule has 0 saturated carbocycles. The Balaban J connectivity index is 1.95. The molecule has 6 nitrogen and oxygen atoms in total. The second-order valence-corrected chi connectivity index (χ2v) is 6.00. The molecule has 1 atom stereocenters. The van der Waals surface area contributed by atoms with Crippen LogP contribution in [-0.2, 0) is 14.3 Å². The van der Waals surface area contributed by atoms with Crippen LogP contribution < -0.4 is 4.74 Å². The predicted octanol–water partition coefficient (Wildman–Crippen LogP) is 1.71. The van der Waals surface area contributed by atoms with Crippen LogP contribution in [0, 0.1) is 6.92 Å². The molecular weight excluding hydrogens is 284 g/mol. The number of likely N-dealkylation sites (tertiary alicyclic amines) is 1. The minimum atomic E-state index is -1.15. The molecule has 0 aliphatic carbocycles. The summed E-state index contributed by atoms with van der Waals surface area (Å²) in [6.45, 7) is 7.46. The largest absolute Gasteiger partial charge is 0.472 e. The van der Waals surface area contributed by atoms with Crippen molar-refractivity contribution >= 4 is 11.9 Å². The van der Waals surface area contributed by atoms with E-state index >= 15 is 0 Å². The predicted molar refractivity (Wildman–Crippen MR) is 80.4 cm³/mol. The van der Waals surface area contributed by atoms with Crippen molar-refractivity contribution in [3.8, 4) is 5.88 Å². The molecule has 0 radical (unpaired) electrons. The molecule has 1 aromatic rings. The van der Waals surface area contributed by atoms with Crippen molar-refractivity contribution in [2.75, 3.05) is 13.1 Å². The summed E-state index contributed by atoms with van der Waals surface area (Å²) in [7, 11) is 0. The van der Waals surface area contributed by atoms with E-state index < -0.39 is 11.6 Å². The molecule has 1 saturated heterocycles. The van der Waals surface area contributed by atoms with E-state index in [0.717, 1.165) is 12.1 Å². The Labute approximate surface area is 130 Å². The van der Waals surface area contributed by atoms with E-state index in [4.69, 9.17) is 9.47 Å². The second-order valence-electron chi connectivity index (χ2n) is 6.00. The molecule has 1 fully saturated rings. The Hall–Kier alpha value is -2.11. The van der Waals surface area contributed by atoms with Gasteiger partial charge in [-0.25, -0.2) is 4.98 Å². The van der Waals surface area contributed by atoms with Crippen LogP contribution in [0.2, 0.25) is 0 Å². The maximum Gasteiger partial charge on any atom is 0.303 e. The number of aromatic nitrogens is 1. The van der Waals surface area contributed by atoms with Crippen molar-refractivity contribution in [1.29, 1.82) is 0 Å². The number of carbonyl (C=O) groups excluding carboxylic acids is 2. The number of carbonyl (C=O) groups is 2. The number of aryl methyl sites for hydroxylation is 1. The van der Waals surface area contributed by atoms with Gasteiger partial charge in [0.05, 0.1) is 6.54 Å². The fourth-order valence-electron chi connectivity index (χ4n) is 2.55. The first kappa shape index (κ1) is 16.3. The SMILES string of the molecule is CC(=O)OC(C)(C)C(=O)N1CC[C@H](Oc2cccc(C)n2)C1. The zero-order valence-corrected chi connectivity index (χ0v) is 13.5. The van der Waals surface area contributed by atoms with Gasteiger partial charge in [-0.15, -0.1) is 0 Å². The van der Waals surface area contributed by atoms with Gasteiger partial charge in [-0.3, -0.25) is 9.59 Å². The second kappa shape index (κ2) is 6.34. The standard InChI is InChI=1S/C16H22N2O4/c1-11-6-5-7-14(17-11)21-13-8-9-18(10-13)15(20)16(3,4)22-12(2)19/h5-7,13H,8-10H2,1-4H3/t13-/m0/s1. The van der Waals surface area contributed by atoms with Gasteiger partial charge in [0.1, 0.15) is 6.10 Å². The van der Waals surface area contributed by atoms with Gasteiger partial charge in [-0.1, -0.05) is 6.07 Å². The molecule has 1 aromatic heterocycles. The fourth-order valence-corrected chi connectivity index (χ4v) is 2.55. The van der Waals surface area contributed by atoms with E-state index in [2.05, 4.69) is 4.98 Å². The number of esters is 1. The molecule has 2 rings (SSSR count). The highest BCUT2D eigenvalue weighted by atomic mass is 16.6. The van der Waals surface area contributed by atoms with E-state index in [-0.39, 0.29) is 12.0 Å². The Morgan fingerprint density at radius 2 is 2.09 bits per heavy atom. The monoisotopic (exact) mass is 306 g/mol. The average molecular weight is 306 g/mol. The van der Waals surface area contributed by atoms with Gasteiger partial charge in [0.25, 0.3) is 5.91 Å². The molecule has 1 amide bonds. The lowest BCUT2D eigenvalue weighted by Gasteiger charge is -2.28. The first-order valence-electron chi connectivity index (χ1n) is 7.37. The minimum Gasteiger partial charge on any atom is -0.472 e. The van der Waals surface area contributed by atoms with E-state index in [1.54, 1.807) is 24.8 Å². The summed E-state index contributed by atoms with van der Waals surface area (Å²) in [6.07, 6.45) is 0.642. The molecule has 0 unspecified atom stereocenters. The lowest BCUT2D eigenvalue weighted by molar-refractivity contribution is -0.168. The van der Waals surface area contributed by atoms with Crippen molar-refractivity contribution < 1.29 is 19.1 Å². The lowest BCUT2D eigenvalue weighted by atomic mass is 10.1. The molecule has 120 valence electrons. The number of pyridine rings is 1. The van der Waals surface area contributed by atoms with Gasteiger partial charge >= 0.3 is 5.97 Å². The number of nitrogens with zero attached hydrogens (tertiary/aromatic N) is 2. The summed E-state index contributed by atoms with van der Waals surface area (Å²) in [4.78, 5) is 29.5. The molecule has 1 aliphatic heterocycles. The molecular formula is C16H22N2O4. The Morgan fingerprint density at radius 3 is 2.73 bits per heavy atom. The van der Waals surface area contributed by atoms with Gasteiger partial charge in [-0.2, -0.15) is 0 Å². The lowest BCUT2D eigenvalue weighted by Crippen LogP contribution is -2.47. The van der Waals surface area contributed by atoms with E-state index in [9.17, 15) is 9.59 Å². The van der Waals surface area contributed by atoms with Crippen LogP contribution in [-0.4, -0.2) is 46.6 Å². The molecule has 0 bridgehead atoms. The first-order valence-corrected chi connectivity index (χ1v) is 7.37. The minimum absolute atomic E-state index is 0.0913. The quantitative estimate of drug-likeness (QED) is 0.792. The topological polar surface area (TPSA) is 68.7 Å². The fraction of sp³-hybridized carbons (Fsp3) is 0.562. The summed E-state index contributed by atoms with van der Waals surface area (Å²) < 4.78 is 10.9. The Kier molecular flexibility index (Phi) is 4.68. The Bertz CT molecular complexity index is 571. The van der Waals surface area contributed by atoms with Crippen LogP contribution >= 0.6 is 0 Å². The van der Waals surface area contributed by atoms with Crippen LogP contribution in [0.3, 0.4) is 0 Å². The van der Waals surface area contributed by atoms with Crippen LogP contribution in [0.5, 0.6) is 5.88 Å². The third kappa shape index (κ3) is 3.96. The van der Waals surface area contributed by atoms with Gasteiger partial charge < -0.3 is 14.4 Å². The third-order valence-electron chi connectivity index (χ3n) is 3.50. The average Bonchev–Trinajstić information content (AvgIpc) is 2.84. The molecule has 2 heterocycles. The summed E-state index contributed by atoms with van der Waals surface area (Å²) in [5.74, 6) is -0.0983. The van der Waals surface area contributed by atoms with E-state index in [0.29, 0.717) is 19.0 Å². The van der Waals surface area contributed by atoms with E-state index in [1.807, 2.05) is 19.1 Å². The normalized spacial score (nSPS) is 18.2. The summed E-state index contributed by atoms with van der Waals surface area (Å²) in [6, 6.07) is 5.60. The highest BCUT2D eigenvalue weighted by molar-refractivity contribution is 5.87. The highest BCUT2D eigenvalue weighted by Gasteiger charge is 2.38. The number of hydrogen-bond acceptors (Lipinski definition) is 5. The number of amides is 1. The highest BCUT2D eigenvalue weighted by Crippen LogP contribution is 2.21. The smallest absolute Gasteiger partial charge is 0.303 e. The molecule has 1 aliphatic rings. The number of rotatable bonds is 4. The van der Waals surface area contributed by atoms with Crippen molar-refractivity contribution in [3.05, 3.63) is 23.9 Å². The maximum absolute atomic E-state index is 12.4. The maximum atomic E-state index is 12.4. The van der Waals surface area contributed by atoms with Gasteiger partial charge in [-0.05, 0) is 26.8 Å². The Morgan fingerprint density at radius 1 is 1.36 bits per heavy atom. The summed E-state index contributed by atoms with van der Waals surface area (Å²) >= 11 is 0. The zero-order valence-electron chi connectivity index (χ0n) is 13.5. The molecule has 6 heteroatoms. The zero-order chi connectivity index (χ0) is 16.3. The summed E-state index contributed by atoms with van der Waals surface area (Å²) in [5, 5.41) is 0. The van der Waals surface area contributed by atoms with Crippen LogP contribution in [0.25, 0.3) is 0 Å². The van der Waals surface area contributed by atoms with Gasteiger partial charge in [0.15, 0.2) is 5.60 Å². The van der Waals surface area contributed by atoms with Crippen LogP contribution in [0.4, 0.5) is 0 Å². The van der Waals surface area contributed by atoms with Crippen LogP contribution in [0.1, 0.15) is 32.9 Å². The summed E-state index contributed by atoms with van der Waals surface area (Å²) in [5.41, 5.74) is -0.262. The number of hydrogen-bond donors (Lipinski definition) is 0. The first-order chi connectivity index (χ1) is 10.3. The van der Waals surface area contributed by atoms with Crippen molar-refractivity contribution in [1.82, 2.24) is 9.88 Å².